The molecule has 5 nitrogen and oxygen atoms in total. The molecular weight excluding hydrogens is 404 g/mol. The van der Waals surface area contributed by atoms with Gasteiger partial charge in [-0.05, 0) is 88.2 Å². The number of aryl methyl sites for hydroxylation is 2. The van der Waals surface area contributed by atoms with Crippen LogP contribution < -0.4 is 10.9 Å². The van der Waals surface area contributed by atoms with Crippen LogP contribution in [0.3, 0.4) is 0 Å². The molecular formula is C25H38N4OS. The van der Waals surface area contributed by atoms with Crippen LogP contribution in [0.2, 0.25) is 0 Å². The lowest BCUT2D eigenvalue weighted by molar-refractivity contribution is 0.291. The maximum Gasteiger partial charge on any atom is 0.253 e. The molecule has 1 fully saturated rings. The molecule has 0 aliphatic heterocycles. The number of rotatable bonds is 9. The molecule has 0 atom stereocenters. The number of aromatic amines is 1. The summed E-state index contributed by atoms with van der Waals surface area (Å²) in [7, 11) is 0. The zero-order valence-electron chi connectivity index (χ0n) is 19.6. The number of benzene rings is 1. The highest BCUT2D eigenvalue weighted by atomic mass is 32.1. The monoisotopic (exact) mass is 442 g/mol. The number of pyridine rings is 1. The van der Waals surface area contributed by atoms with Crippen molar-refractivity contribution in [1.29, 1.82) is 0 Å². The Morgan fingerprint density at radius 2 is 1.87 bits per heavy atom. The molecule has 0 bridgehead atoms. The molecule has 1 aliphatic carbocycles. The van der Waals surface area contributed by atoms with Crippen LogP contribution in [0.15, 0.2) is 23.0 Å². The Balaban J connectivity index is 1.74. The van der Waals surface area contributed by atoms with Crippen molar-refractivity contribution in [2.45, 2.75) is 72.4 Å². The van der Waals surface area contributed by atoms with Gasteiger partial charge in [-0.3, -0.25) is 4.79 Å². The molecule has 1 aromatic carbocycles. The number of hydrogen-bond acceptors (Lipinski definition) is 3. The fourth-order valence-electron chi connectivity index (χ4n) is 4.74. The van der Waals surface area contributed by atoms with E-state index >= 15 is 0 Å². The van der Waals surface area contributed by atoms with E-state index in [0.717, 1.165) is 72.6 Å². The Bertz CT molecular complexity index is 944. The molecule has 31 heavy (non-hydrogen) atoms. The van der Waals surface area contributed by atoms with Gasteiger partial charge in [-0.15, -0.1) is 0 Å². The van der Waals surface area contributed by atoms with Crippen LogP contribution in [0.5, 0.6) is 0 Å². The standard InChI is InChI=1S/C25H38N4OS/c1-5-28(6-2)13-9-12-26-25(31)29(21-10-7-8-11-21)17-20-16-22-19(4)14-18(3)15-23(22)27-24(20)30/h14-16,21H,5-13,17H2,1-4H3,(H,26,31)(H,27,30). The first kappa shape index (κ1) is 23.7. The number of nitrogens with one attached hydrogen (secondary N) is 2. The predicted molar refractivity (Wildman–Crippen MR) is 135 cm³/mol. The van der Waals surface area contributed by atoms with Crippen molar-refractivity contribution in [3.8, 4) is 0 Å². The first-order valence-electron chi connectivity index (χ1n) is 11.8. The van der Waals surface area contributed by atoms with E-state index in [0.29, 0.717) is 12.6 Å². The molecule has 0 amide bonds. The van der Waals surface area contributed by atoms with Gasteiger partial charge < -0.3 is 20.1 Å². The second kappa shape index (κ2) is 11.1. The molecule has 1 aliphatic rings. The summed E-state index contributed by atoms with van der Waals surface area (Å²) in [5.74, 6) is 0. The second-order valence-electron chi connectivity index (χ2n) is 8.85. The molecule has 0 radical (unpaired) electrons. The van der Waals surface area contributed by atoms with Gasteiger partial charge in [0.2, 0.25) is 0 Å². The lowest BCUT2D eigenvalue weighted by atomic mass is 10.0. The lowest BCUT2D eigenvalue weighted by Gasteiger charge is -2.32. The molecule has 6 heteroatoms. The Kier molecular flexibility index (Phi) is 8.50. The van der Waals surface area contributed by atoms with Gasteiger partial charge in [-0.2, -0.15) is 0 Å². The first-order valence-corrected chi connectivity index (χ1v) is 12.2. The molecule has 0 spiro atoms. The zero-order chi connectivity index (χ0) is 22.4. The van der Waals surface area contributed by atoms with Crippen molar-refractivity contribution in [3.63, 3.8) is 0 Å². The highest BCUT2D eigenvalue weighted by Crippen LogP contribution is 2.26. The predicted octanol–water partition coefficient (Wildman–Crippen LogP) is 4.50. The van der Waals surface area contributed by atoms with Crippen molar-refractivity contribution >= 4 is 28.2 Å². The first-order chi connectivity index (χ1) is 14.9. The summed E-state index contributed by atoms with van der Waals surface area (Å²) in [5.41, 5.74) is 4.05. The topological polar surface area (TPSA) is 51.4 Å². The summed E-state index contributed by atoms with van der Waals surface area (Å²) in [6, 6.07) is 6.69. The van der Waals surface area contributed by atoms with Gasteiger partial charge in [0, 0.05) is 29.1 Å². The smallest absolute Gasteiger partial charge is 0.253 e. The van der Waals surface area contributed by atoms with Crippen LogP contribution in [0.1, 0.15) is 62.6 Å². The van der Waals surface area contributed by atoms with E-state index in [1.807, 2.05) is 6.07 Å². The molecule has 1 aromatic heterocycles. The molecule has 1 heterocycles. The van der Waals surface area contributed by atoms with Crippen LogP contribution in [0.4, 0.5) is 0 Å². The van der Waals surface area contributed by atoms with Crippen LogP contribution in [0.25, 0.3) is 10.9 Å². The molecule has 1 saturated carbocycles. The minimum absolute atomic E-state index is 0.00942. The van der Waals surface area contributed by atoms with Crippen LogP contribution in [-0.4, -0.2) is 52.1 Å². The summed E-state index contributed by atoms with van der Waals surface area (Å²) >= 11 is 5.82. The summed E-state index contributed by atoms with van der Waals surface area (Å²) in [5, 5.41) is 5.38. The van der Waals surface area contributed by atoms with Gasteiger partial charge >= 0.3 is 0 Å². The van der Waals surface area contributed by atoms with Gasteiger partial charge in [0.15, 0.2) is 5.11 Å². The van der Waals surface area contributed by atoms with Crippen molar-refractivity contribution in [3.05, 3.63) is 45.2 Å². The quantitative estimate of drug-likeness (QED) is 0.442. The SMILES string of the molecule is CCN(CC)CCCNC(=S)N(Cc1cc2c(C)cc(C)cc2[nH]c1=O)C1CCCC1. The van der Waals surface area contributed by atoms with Crippen molar-refractivity contribution in [2.24, 2.45) is 0 Å². The molecule has 0 saturated heterocycles. The number of nitrogens with zero attached hydrogens (tertiary/aromatic N) is 2. The summed E-state index contributed by atoms with van der Waals surface area (Å²) < 4.78 is 0. The summed E-state index contributed by atoms with van der Waals surface area (Å²) in [6.45, 7) is 13.2. The third kappa shape index (κ3) is 6.07. The van der Waals surface area contributed by atoms with E-state index in [-0.39, 0.29) is 5.56 Å². The number of H-pyrrole nitrogens is 1. The normalized spacial score (nSPS) is 14.5. The Hall–Kier alpha value is -1.92. The van der Waals surface area contributed by atoms with E-state index in [1.165, 1.54) is 18.4 Å². The highest BCUT2D eigenvalue weighted by molar-refractivity contribution is 7.80. The Labute approximate surface area is 192 Å². The second-order valence-corrected chi connectivity index (χ2v) is 9.23. The number of hydrogen-bond donors (Lipinski definition) is 2. The van der Waals surface area contributed by atoms with Crippen LogP contribution in [-0.2, 0) is 6.54 Å². The fourth-order valence-corrected chi connectivity index (χ4v) is 5.05. The lowest BCUT2D eigenvalue weighted by Crippen LogP contribution is -2.46. The highest BCUT2D eigenvalue weighted by Gasteiger charge is 2.25. The van der Waals surface area contributed by atoms with Gasteiger partial charge in [0.1, 0.15) is 0 Å². The zero-order valence-corrected chi connectivity index (χ0v) is 20.4. The summed E-state index contributed by atoms with van der Waals surface area (Å²) in [6.07, 6.45) is 5.82. The maximum absolute atomic E-state index is 12.9. The summed E-state index contributed by atoms with van der Waals surface area (Å²) in [4.78, 5) is 20.7. The van der Waals surface area contributed by atoms with E-state index < -0.39 is 0 Å². The fraction of sp³-hybridized carbons (Fsp3) is 0.600. The Morgan fingerprint density at radius 3 is 2.55 bits per heavy atom. The molecule has 0 unspecified atom stereocenters. The minimum atomic E-state index is -0.00942. The van der Waals surface area contributed by atoms with E-state index in [1.54, 1.807) is 0 Å². The average molecular weight is 443 g/mol. The molecule has 170 valence electrons. The molecule has 2 N–H and O–H groups in total. The number of thiocarbonyl (C=S) groups is 1. The minimum Gasteiger partial charge on any atom is -0.363 e. The Morgan fingerprint density at radius 1 is 1.16 bits per heavy atom. The van der Waals surface area contributed by atoms with Crippen molar-refractivity contribution in [1.82, 2.24) is 20.1 Å². The van der Waals surface area contributed by atoms with Gasteiger partial charge in [-0.25, -0.2) is 0 Å². The van der Waals surface area contributed by atoms with E-state index in [4.69, 9.17) is 12.2 Å². The molecule has 3 rings (SSSR count). The van der Waals surface area contributed by atoms with Crippen molar-refractivity contribution < 1.29 is 0 Å². The average Bonchev–Trinajstić information content (AvgIpc) is 3.26. The van der Waals surface area contributed by atoms with Gasteiger partial charge in [-0.1, -0.05) is 32.8 Å². The third-order valence-electron chi connectivity index (χ3n) is 6.58. The number of fused-ring (bicyclic) bond motifs is 1. The maximum atomic E-state index is 12.9. The third-order valence-corrected chi connectivity index (χ3v) is 6.96. The van der Waals surface area contributed by atoms with Crippen molar-refractivity contribution in [2.75, 3.05) is 26.2 Å². The van der Waals surface area contributed by atoms with Crippen LogP contribution >= 0.6 is 12.2 Å². The van der Waals surface area contributed by atoms with Gasteiger partial charge in [0.05, 0.1) is 6.54 Å². The van der Waals surface area contributed by atoms with Crippen LogP contribution in [0, 0.1) is 13.8 Å². The van der Waals surface area contributed by atoms with Gasteiger partial charge in [0.25, 0.3) is 5.56 Å². The van der Waals surface area contributed by atoms with E-state index in [9.17, 15) is 4.79 Å². The van der Waals surface area contributed by atoms with E-state index in [2.05, 4.69) is 59.9 Å². The molecule has 2 aromatic rings. The largest absolute Gasteiger partial charge is 0.363 e. The number of aromatic nitrogens is 1.